The highest BCUT2D eigenvalue weighted by molar-refractivity contribution is 5.93. The van der Waals surface area contributed by atoms with Crippen LogP contribution >= 0.6 is 0 Å². The van der Waals surface area contributed by atoms with E-state index < -0.39 is 54.9 Å². The monoisotopic (exact) mass is 317 g/mol. The molecule has 0 unspecified atom stereocenters. The summed E-state index contributed by atoms with van der Waals surface area (Å²) in [4.78, 5) is 46.5. The van der Waals surface area contributed by atoms with E-state index in [1.54, 1.807) is 0 Å². The van der Waals surface area contributed by atoms with Crippen molar-refractivity contribution in [3.63, 3.8) is 0 Å². The Balaban J connectivity index is 2.70. The van der Waals surface area contributed by atoms with Gasteiger partial charge in [0.15, 0.2) is 0 Å². The van der Waals surface area contributed by atoms with E-state index in [2.05, 4.69) is 5.32 Å². The van der Waals surface area contributed by atoms with Crippen molar-refractivity contribution in [3.05, 3.63) is 0 Å². The Hall–Kier alpha value is -2.20. The van der Waals surface area contributed by atoms with E-state index in [0.717, 1.165) is 4.90 Å². The lowest BCUT2D eigenvalue weighted by atomic mass is 10.1. The number of carbonyl (C=O) groups is 4. The van der Waals surface area contributed by atoms with Crippen molar-refractivity contribution in [2.45, 2.75) is 37.4 Å². The zero-order valence-electron chi connectivity index (χ0n) is 11.8. The first kappa shape index (κ1) is 17.9. The molecule has 6 N–H and O–H groups in total. The van der Waals surface area contributed by atoms with Gasteiger partial charge in [-0.25, -0.2) is 4.79 Å². The van der Waals surface area contributed by atoms with Crippen molar-refractivity contribution in [3.8, 4) is 0 Å². The van der Waals surface area contributed by atoms with E-state index in [0.29, 0.717) is 12.8 Å². The van der Waals surface area contributed by atoms with Gasteiger partial charge in [0.25, 0.3) is 0 Å². The topological polar surface area (TPSA) is 170 Å². The summed E-state index contributed by atoms with van der Waals surface area (Å²) in [5, 5.41) is 29.0. The number of carboxylic acids is 2. The molecule has 1 heterocycles. The third kappa shape index (κ3) is 4.40. The summed E-state index contributed by atoms with van der Waals surface area (Å²) in [5.41, 5.74) is 5.36. The van der Waals surface area contributed by atoms with Crippen LogP contribution in [0.25, 0.3) is 0 Å². The lowest BCUT2D eigenvalue weighted by Crippen LogP contribution is -2.56. The first-order chi connectivity index (χ1) is 10.3. The van der Waals surface area contributed by atoms with Gasteiger partial charge in [-0.05, 0) is 12.8 Å². The fraction of sp³-hybridized carbons (Fsp3) is 0.667. The maximum atomic E-state index is 12.2. The van der Waals surface area contributed by atoms with E-state index in [9.17, 15) is 24.3 Å². The highest BCUT2D eigenvalue weighted by Crippen LogP contribution is 2.18. The van der Waals surface area contributed by atoms with E-state index in [1.165, 1.54) is 0 Å². The number of aliphatic hydroxyl groups excluding tert-OH is 1. The number of aliphatic hydroxyl groups is 1. The van der Waals surface area contributed by atoms with Gasteiger partial charge in [-0.3, -0.25) is 14.4 Å². The molecule has 3 atom stereocenters. The molecule has 124 valence electrons. The number of hydrogen-bond acceptors (Lipinski definition) is 6. The number of nitrogens with one attached hydrogen (secondary N) is 1. The van der Waals surface area contributed by atoms with Gasteiger partial charge in [0, 0.05) is 6.54 Å². The van der Waals surface area contributed by atoms with Gasteiger partial charge < -0.3 is 31.3 Å². The van der Waals surface area contributed by atoms with Gasteiger partial charge in [-0.2, -0.15) is 0 Å². The normalized spacial score (nSPS) is 20.3. The predicted molar refractivity (Wildman–Crippen MR) is 71.6 cm³/mol. The summed E-state index contributed by atoms with van der Waals surface area (Å²) in [7, 11) is 0. The molecule has 0 aromatic carbocycles. The smallest absolute Gasteiger partial charge is 0.326 e. The van der Waals surface area contributed by atoms with Crippen LogP contribution in [0.3, 0.4) is 0 Å². The van der Waals surface area contributed by atoms with Crippen molar-refractivity contribution >= 4 is 23.8 Å². The summed E-state index contributed by atoms with van der Waals surface area (Å²) in [6, 6.07) is -3.72. The SMILES string of the molecule is N[C@@H](CC(=O)O)C(=O)N[C@@H](CO)C(=O)N1CCC[C@H]1C(=O)O. The van der Waals surface area contributed by atoms with Crippen LogP contribution in [-0.2, 0) is 19.2 Å². The van der Waals surface area contributed by atoms with Crippen LogP contribution in [0.15, 0.2) is 0 Å². The Bertz CT molecular complexity index is 468. The molecule has 0 aromatic heterocycles. The van der Waals surface area contributed by atoms with Crippen LogP contribution in [0.4, 0.5) is 0 Å². The van der Waals surface area contributed by atoms with E-state index in [4.69, 9.17) is 15.9 Å². The maximum absolute atomic E-state index is 12.2. The van der Waals surface area contributed by atoms with E-state index in [-0.39, 0.29) is 6.54 Å². The minimum absolute atomic E-state index is 0.212. The number of carbonyl (C=O) groups excluding carboxylic acids is 2. The second kappa shape index (κ2) is 7.71. The number of carboxylic acid groups (broad SMARTS) is 2. The van der Waals surface area contributed by atoms with Crippen LogP contribution in [-0.4, -0.2) is 75.2 Å². The van der Waals surface area contributed by atoms with Crippen LogP contribution in [0.5, 0.6) is 0 Å². The second-order valence-corrected chi connectivity index (χ2v) is 4.98. The average molecular weight is 317 g/mol. The molecule has 2 amide bonds. The summed E-state index contributed by atoms with van der Waals surface area (Å²) in [6.45, 7) is -0.531. The fourth-order valence-electron chi connectivity index (χ4n) is 2.23. The Morgan fingerprint density at radius 2 is 1.91 bits per heavy atom. The number of likely N-dealkylation sites (tertiary alicyclic amines) is 1. The third-order valence-electron chi connectivity index (χ3n) is 3.35. The summed E-state index contributed by atoms with van der Waals surface area (Å²) >= 11 is 0. The number of rotatable bonds is 7. The lowest BCUT2D eigenvalue weighted by Gasteiger charge is -2.26. The average Bonchev–Trinajstić information content (AvgIpc) is 2.92. The first-order valence-corrected chi connectivity index (χ1v) is 6.69. The molecule has 0 bridgehead atoms. The molecule has 10 heteroatoms. The summed E-state index contributed by atoms with van der Waals surface area (Å²) in [5.74, 6) is -4.07. The van der Waals surface area contributed by atoms with E-state index in [1.807, 2.05) is 0 Å². The van der Waals surface area contributed by atoms with Gasteiger partial charge in [0.1, 0.15) is 12.1 Å². The number of hydrogen-bond donors (Lipinski definition) is 5. The molecule has 1 aliphatic rings. The molecule has 22 heavy (non-hydrogen) atoms. The zero-order valence-corrected chi connectivity index (χ0v) is 11.8. The Kier molecular flexibility index (Phi) is 6.25. The van der Waals surface area contributed by atoms with Crippen molar-refractivity contribution < 1.29 is 34.5 Å². The molecule has 1 rings (SSSR count). The molecule has 0 aliphatic carbocycles. The number of amides is 2. The molecule has 0 aromatic rings. The van der Waals surface area contributed by atoms with Crippen LogP contribution in [0.2, 0.25) is 0 Å². The van der Waals surface area contributed by atoms with Gasteiger partial charge in [-0.15, -0.1) is 0 Å². The minimum Gasteiger partial charge on any atom is -0.481 e. The molecular weight excluding hydrogens is 298 g/mol. The van der Waals surface area contributed by atoms with E-state index >= 15 is 0 Å². The summed E-state index contributed by atoms with van der Waals surface area (Å²) in [6.07, 6.45) is 0.179. The van der Waals surface area contributed by atoms with Crippen LogP contribution in [0.1, 0.15) is 19.3 Å². The Morgan fingerprint density at radius 1 is 1.27 bits per heavy atom. The molecule has 10 nitrogen and oxygen atoms in total. The Labute approximate surface area is 125 Å². The maximum Gasteiger partial charge on any atom is 0.326 e. The Morgan fingerprint density at radius 3 is 2.41 bits per heavy atom. The quantitative estimate of drug-likeness (QED) is 0.338. The molecule has 0 saturated carbocycles. The first-order valence-electron chi connectivity index (χ1n) is 6.69. The standard InChI is InChI=1S/C12H19N3O7/c13-6(4-9(17)18)10(19)14-7(5-16)11(20)15-3-1-2-8(15)12(21)22/h6-8,16H,1-5,13H2,(H,14,19)(H,17,18)(H,21,22)/t6-,7-,8-/m0/s1. The van der Waals surface area contributed by atoms with Gasteiger partial charge in [0.2, 0.25) is 11.8 Å². The summed E-state index contributed by atoms with van der Waals surface area (Å²) < 4.78 is 0. The highest BCUT2D eigenvalue weighted by Gasteiger charge is 2.37. The van der Waals surface area contributed by atoms with Crippen LogP contribution in [0, 0.1) is 0 Å². The predicted octanol–water partition coefficient (Wildman–Crippen LogP) is -2.66. The minimum atomic E-state index is -1.37. The van der Waals surface area contributed by atoms with Crippen molar-refractivity contribution in [1.29, 1.82) is 0 Å². The van der Waals surface area contributed by atoms with Gasteiger partial charge in [-0.1, -0.05) is 0 Å². The molecule has 1 saturated heterocycles. The molecule has 1 fully saturated rings. The van der Waals surface area contributed by atoms with Crippen LogP contribution < -0.4 is 11.1 Å². The van der Waals surface area contributed by atoms with Crippen molar-refractivity contribution in [2.75, 3.05) is 13.2 Å². The molecule has 1 aliphatic heterocycles. The third-order valence-corrected chi connectivity index (χ3v) is 3.35. The second-order valence-electron chi connectivity index (χ2n) is 4.98. The number of nitrogens with two attached hydrogens (primary N) is 1. The largest absolute Gasteiger partial charge is 0.481 e. The van der Waals surface area contributed by atoms with Crippen molar-refractivity contribution in [1.82, 2.24) is 10.2 Å². The lowest BCUT2D eigenvalue weighted by molar-refractivity contribution is -0.150. The number of aliphatic carboxylic acids is 2. The van der Waals surface area contributed by atoms with Gasteiger partial charge in [0.05, 0.1) is 19.1 Å². The van der Waals surface area contributed by atoms with Crippen molar-refractivity contribution in [2.24, 2.45) is 5.73 Å². The molecular formula is C12H19N3O7. The zero-order chi connectivity index (χ0) is 16.9. The molecule has 0 radical (unpaired) electrons. The molecule has 0 spiro atoms. The number of nitrogens with zero attached hydrogens (tertiary/aromatic N) is 1. The fourth-order valence-corrected chi connectivity index (χ4v) is 2.23. The van der Waals surface area contributed by atoms with Gasteiger partial charge >= 0.3 is 11.9 Å². The highest BCUT2D eigenvalue weighted by atomic mass is 16.4.